The van der Waals surface area contributed by atoms with Crippen molar-refractivity contribution in [3.05, 3.63) is 34.9 Å². The molecule has 1 fully saturated rings. The van der Waals surface area contributed by atoms with Crippen LogP contribution in [-0.4, -0.2) is 44.4 Å². The minimum Gasteiger partial charge on any atom is -0.390 e. The van der Waals surface area contributed by atoms with Crippen LogP contribution < -0.4 is 10.6 Å². The lowest BCUT2D eigenvalue weighted by molar-refractivity contribution is -0.111. The smallest absolute Gasteiger partial charge is 0.207 e. The number of carbonyl (C=O) groups excluding carboxylic acids is 1. The van der Waals surface area contributed by atoms with Gasteiger partial charge in [-0.25, -0.2) is 8.42 Å². The molecular formula is C22H34N2O4S. The van der Waals surface area contributed by atoms with Gasteiger partial charge in [-0.2, -0.15) is 0 Å². The van der Waals surface area contributed by atoms with E-state index in [1.807, 2.05) is 12.1 Å². The quantitative estimate of drug-likeness (QED) is 0.531. The van der Waals surface area contributed by atoms with Crippen LogP contribution in [0.25, 0.3) is 0 Å². The SMILES string of the molecule is CCc1ccc2c(c1)[C@@H](NC[C@@H](O)[C@@H](CC1CCCCC1)NC=O)CS(=O)(=O)C2. The van der Waals surface area contributed by atoms with Gasteiger partial charge < -0.3 is 15.7 Å². The lowest BCUT2D eigenvalue weighted by Crippen LogP contribution is -2.47. The predicted octanol–water partition coefficient (Wildman–Crippen LogP) is 2.25. The molecule has 1 heterocycles. The molecule has 2 aliphatic rings. The molecule has 1 aromatic carbocycles. The summed E-state index contributed by atoms with van der Waals surface area (Å²) in [6.45, 7) is 2.32. The van der Waals surface area contributed by atoms with E-state index in [0.717, 1.165) is 36.8 Å². The maximum absolute atomic E-state index is 12.4. The highest BCUT2D eigenvalue weighted by Crippen LogP contribution is 2.30. The van der Waals surface area contributed by atoms with Gasteiger partial charge in [-0.05, 0) is 35.4 Å². The van der Waals surface area contributed by atoms with Crippen LogP contribution in [0.2, 0.25) is 0 Å². The molecule has 1 aliphatic heterocycles. The second-order valence-corrected chi connectivity index (χ2v) is 10.7. The van der Waals surface area contributed by atoms with Crippen LogP contribution in [0.3, 0.4) is 0 Å². The van der Waals surface area contributed by atoms with Crippen LogP contribution in [0, 0.1) is 5.92 Å². The van der Waals surface area contributed by atoms with E-state index in [2.05, 4.69) is 23.6 Å². The lowest BCUT2D eigenvalue weighted by atomic mass is 9.83. The number of aliphatic hydroxyl groups excluding tert-OH is 1. The van der Waals surface area contributed by atoms with Crippen molar-refractivity contribution in [1.29, 1.82) is 0 Å². The van der Waals surface area contributed by atoms with Gasteiger partial charge in [0.15, 0.2) is 9.84 Å². The first-order chi connectivity index (χ1) is 13.9. The van der Waals surface area contributed by atoms with Crippen molar-refractivity contribution in [1.82, 2.24) is 10.6 Å². The minimum absolute atomic E-state index is 0.0360. The first kappa shape index (κ1) is 22.2. The first-order valence-corrected chi connectivity index (χ1v) is 12.7. The van der Waals surface area contributed by atoms with Crippen molar-refractivity contribution in [3.63, 3.8) is 0 Å². The van der Waals surface area contributed by atoms with Crippen molar-refractivity contribution in [2.75, 3.05) is 12.3 Å². The number of sulfone groups is 1. The predicted molar refractivity (Wildman–Crippen MR) is 114 cm³/mol. The maximum Gasteiger partial charge on any atom is 0.207 e. The minimum atomic E-state index is -3.18. The summed E-state index contributed by atoms with van der Waals surface area (Å²) in [6.07, 6.45) is 7.53. The summed E-state index contributed by atoms with van der Waals surface area (Å²) in [7, 11) is -3.18. The topological polar surface area (TPSA) is 95.5 Å². The van der Waals surface area contributed by atoms with E-state index in [9.17, 15) is 18.3 Å². The molecule has 0 bridgehead atoms. The van der Waals surface area contributed by atoms with Crippen LogP contribution in [0.1, 0.15) is 68.2 Å². The summed E-state index contributed by atoms with van der Waals surface area (Å²) in [6, 6.07) is 5.33. The summed E-state index contributed by atoms with van der Waals surface area (Å²) in [4.78, 5) is 11.1. The number of rotatable bonds is 9. The van der Waals surface area contributed by atoms with Gasteiger partial charge in [0.25, 0.3) is 0 Å². The Bertz CT molecular complexity index is 790. The molecule has 3 N–H and O–H groups in total. The van der Waals surface area contributed by atoms with E-state index < -0.39 is 15.9 Å². The Hall–Kier alpha value is -1.44. The number of hydrogen-bond acceptors (Lipinski definition) is 5. The molecule has 3 rings (SSSR count). The Labute approximate surface area is 174 Å². The van der Waals surface area contributed by atoms with E-state index >= 15 is 0 Å². The zero-order valence-electron chi connectivity index (χ0n) is 17.3. The summed E-state index contributed by atoms with van der Waals surface area (Å²) in [5.74, 6) is 0.636. The number of nitrogens with one attached hydrogen (secondary N) is 2. The molecule has 6 nitrogen and oxygen atoms in total. The summed E-state index contributed by atoms with van der Waals surface area (Å²) < 4.78 is 24.7. The fourth-order valence-electron chi connectivity index (χ4n) is 4.74. The molecule has 1 aromatic rings. The molecule has 162 valence electrons. The summed E-state index contributed by atoms with van der Waals surface area (Å²) in [5.41, 5.74) is 3.02. The van der Waals surface area contributed by atoms with Gasteiger partial charge in [0, 0.05) is 12.6 Å². The van der Waals surface area contributed by atoms with Crippen molar-refractivity contribution in [2.45, 2.75) is 75.8 Å². The fraction of sp³-hybridized carbons (Fsp3) is 0.682. The van der Waals surface area contributed by atoms with Gasteiger partial charge in [-0.15, -0.1) is 0 Å². The Morgan fingerprint density at radius 1 is 1.24 bits per heavy atom. The Balaban J connectivity index is 1.67. The van der Waals surface area contributed by atoms with Gasteiger partial charge in [0.2, 0.25) is 6.41 Å². The van der Waals surface area contributed by atoms with E-state index in [-0.39, 0.29) is 30.1 Å². The molecule has 1 saturated carbocycles. The largest absolute Gasteiger partial charge is 0.390 e. The molecule has 0 aromatic heterocycles. The molecular weight excluding hydrogens is 388 g/mol. The molecule has 0 saturated heterocycles. The normalized spacial score (nSPS) is 23.7. The summed E-state index contributed by atoms with van der Waals surface area (Å²) in [5, 5.41) is 16.8. The number of aryl methyl sites for hydroxylation is 1. The maximum atomic E-state index is 12.4. The van der Waals surface area contributed by atoms with Gasteiger partial charge in [-0.1, -0.05) is 57.2 Å². The molecule has 0 spiro atoms. The van der Waals surface area contributed by atoms with E-state index in [0.29, 0.717) is 12.3 Å². The highest BCUT2D eigenvalue weighted by Gasteiger charge is 2.31. The third-order valence-corrected chi connectivity index (χ3v) is 8.01. The van der Waals surface area contributed by atoms with Crippen LogP contribution in [0.4, 0.5) is 0 Å². The second-order valence-electron chi connectivity index (χ2n) is 8.60. The van der Waals surface area contributed by atoms with Gasteiger partial charge in [0.05, 0.1) is 23.7 Å². The fourth-order valence-corrected chi connectivity index (χ4v) is 6.40. The van der Waals surface area contributed by atoms with Crippen molar-refractivity contribution < 1.29 is 18.3 Å². The number of hydrogen-bond donors (Lipinski definition) is 3. The molecule has 0 unspecified atom stereocenters. The number of benzene rings is 1. The number of aliphatic hydroxyl groups is 1. The second kappa shape index (κ2) is 10.0. The van der Waals surface area contributed by atoms with Gasteiger partial charge in [-0.3, -0.25) is 4.79 Å². The lowest BCUT2D eigenvalue weighted by Gasteiger charge is -2.31. The van der Waals surface area contributed by atoms with E-state index in [1.165, 1.54) is 24.8 Å². The highest BCUT2D eigenvalue weighted by atomic mass is 32.2. The average Bonchev–Trinajstić information content (AvgIpc) is 2.71. The number of carbonyl (C=O) groups is 1. The van der Waals surface area contributed by atoms with Crippen LogP contribution in [-0.2, 0) is 26.8 Å². The molecule has 3 atom stereocenters. The first-order valence-electron chi connectivity index (χ1n) is 10.8. The number of fused-ring (bicyclic) bond motifs is 1. The van der Waals surface area contributed by atoms with Crippen LogP contribution in [0.5, 0.6) is 0 Å². The van der Waals surface area contributed by atoms with Gasteiger partial charge >= 0.3 is 0 Å². The highest BCUT2D eigenvalue weighted by molar-refractivity contribution is 7.90. The zero-order chi connectivity index (χ0) is 20.9. The third-order valence-electron chi connectivity index (χ3n) is 6.42. The monoisotopic (exact) mass is 422 g/mol. The molecule has 1 aliphatic carbocycles. The van der Waals surface area contributed by atoms with Crippen molar-refractivity contribution >= 4 is 16.2 Å². The summed E-state index contributed by atoms with van der Waals surface area (Å²) >= 11 is 0. The van der Waals surface area contributed by atoms with Crippen LogP contribution in [0.15, 0.2) is 18.2 Å². The van der Waals surface area contributed by atoms with Crippen molar-refractivity contribution in [3.8, 4) is 0 Å². The molecule has 29 heavy (non-hydrogen) atoms. The van der Waals surface area contributed by atoms with Crippen LogP contribution >= 0.6 is 0 Å². The van der Waals surface area contributed by atoms with E-state index in [4.69, 9.17) is 0 Å². The molecule has 0 radical (unpaired) electrons. The third kappa shape index (κ3) is 6.03. The zero-order valence-corrected chi connectivity index (χ0v) is 18.1. The van der Waals surface area contributed by atoms with Crippen molar-refractivity contribution in [2.24, 2.45) is 5.92 Å². The number of amides is 1. The molecule has 7 heteroatoms. The standard InChI is InChI=1S/C22H34N2O4S/c1-2-16-8-9-18-13-29(27,28)14-21(19(18)10-16)23-12-22(26)20(24-15-25)11-17-6-4-3-5-7-17/h8-10,15,17,20-23,26H,2-7,11-14H2,1H3,(H,24,25)/t20-,21+,22-/m1/s1. The van der Waals surface area contributed by atoms with E-state index in [1.54, 1.807) is 0 Å². The Kier molecular flexibility index (Phi) is 7.71. The Morgan fingerprint density at radius 2 is 2.00 bits per heavy atom. The molecule has 1 amide bonds. The average molecular weight is 423 g/mol. The Morgan fingerprint density at radius 3 is 2.69 bits per heavy atom. The van der Waals surface area contributed by atoms with Gasteiger partial charge in [0.1, 0.15) is 0 Å².